The van der Waals surface area contributed by atoms with Gasteiger partial charge in [-0.15, -0.1) is 0 Å². The van der Waals surface area contributed by atoms with Gasteiger partial charge >= 0.3 is 0 Å². The van der Waals surface area contributed by atoms with Gasteiger partial charge in [0, 0.05) is 54.1 Å². The van der Waals surface area contributed by atoms with Gasteiger partial charge in [-0.05, 0) is 30.9 Å². The zero-order valence-electron chi connectivity index (χ0n) is 15.2. The van der Waals surface area contributed by atoms with Crippen molar-refractivity contribution in [3.05, 3.63) is 61.4 Å². The van der Waals surface area contributed by atoms with Gasteiger partial charge in [0.2, 0.25) is 0 Å². The summed E-state index contributed by atoms with van der Waals surface area (Å²) in [7, 11) is 1.92. The summed E-state index contributed by atoms with van der Waals surface area (Å²) in [6, 6.07) is 8.79. The van der Waals surface area contributed by atoms with E-state index in [1.54, 1.807) is 4.68 Å². The Bertz CT molecular complexity index is 1070. The van der Waals surface area contributed by atoms with Crippen LogP contribution in [0, 0.1) is 0 Å². The van der Waals surface area contributed by atoms with Gasteiger partial charge in [0.05, 0.1) is 18.4 Å². The summed E-state index contributed by atoms with van der Waals surface area (Å²) >= 11 is 0. The van der Waals surface area contributed by atoms with E-state index < -0.39 is 0 Å². The predicted molar refractivity (Wildman–Crippen MR) is 104 cm³/mol. The highest BCUT2D eigenvalue weighted by Gasteiger charge is 2.20. The molecule has 3 heterocycles. The van der Waals surface area contributed by atoms with E-state index in [9.17, 15) is 0 Å². The Kier molecular flexibility index (Phi) is 3.81. The lowest BCUT2D eigenvalue weighted by molar-refractivity contribution is 0.289. The van der Waals surface area contributed by atoms with Gasteiger partial charge < -0.3 is 0 Å². The summed E-state index contributed by atoms with van der Waals surface area (Å²) in [5.74, 6) is 0.718. The molecule has 5 rings (SSSR count). The molecule has 6 heteroatoms. The fourth-order valence-corrected chi connectivity index (χ4v) is 3.37. The maximum Gasteiger partial charge on any atom is 0.159 e. The van der Waals surface area contributed by atoms with Gasteiger partial charge in [-0.3, -0.25) is 9.36 Å². The average Bonchev–Trinajstić information content (AvgIpc) is 3.30. The van der Waals surface area contributed by atoms with Crippen LogP contribution in [0.5, 0.6) is 0 Å². The normalized spacial score (nSPS) is 14.3. The van der Waals surface area contributed by atoms with E-state index >= 15 is 0 Å². The van der Waals surface area contributed by atoms with Crippen LogP contribution in [-0.2, 0) is 7.05 Å². The molecule has 1 saturated carbocycles. The third-order valence-corrected chi connectivity index (χ3v) is 5.19. The van der Waals surface area contributed by atoms with Crippen molar-refractivity contribution in [2.45, 2.75) is 25.3 Å². The van der Waals surface area contributed by atoms with Crippen molar-refractivity contribution in [1.29, 1.82) is 0 Å². The quantitative estimate of drug-likeness (QED) is 0.551. The Hall–Kier alpha value is -3.28. The highest BCUT2D eigenvalue weighted by molar-refractivity contribution is 5.70. The number of benzene rings is 1. The third kappa shape index (κ3) is 3.03. The van der Waals surface area contributed by atoms with Crippen molar-refractivity contribution < 1.29 is 0 Å². The molecule has 1 aliphatic rings. The fourth-order valence-electron chi connectivity index (χ4n) is 3.37. The molecule has 1 aliphatic carbocycles. The topological polar surface area (TPSA) is 61.4 Å². The van der Waals surface area contributed by atoms with Crippen LogP contribution in [0.2, 0.25) is 0 Å². The molecule has 3 aromatic heterocycles. The van der Waals surface area contributed by atoms with Gasteiger partial charge in [0.1, 0.15) is 0 Å². The fraction of sp³-hybridized carbons (Fsp3) is 0.238. The molecule has 6 nitrogen and oxygen atoms in total. The molecule has 0 N–H and O–H groups in total. The first-order valence-electron chi connectivity index (χ1n) is 9.22. The zero-order chi connectivity index (χ0) is 18.2. The number of nitrogens with zero attached hydrogens (tertiary/aromatic N) is 6. The van der Waals surface area contributed by atoms with Crippen LogP contribution in [0.1, 0.15) is 25.3 Å². The standard InChI is InChI=1S/C21H20N6/c1-26-13-18(11-24-26)15-4-2-5-16(8-15)21-22-9-17(10-23-21)19-12-25-27(14-19)20-6-3-7-20/h2,4-5,8-14,20H,3,6-7H2,1H3. The molecular formula is C21H20N6. The Morgan fingerprint density at radius 1 is 0.815 bits per heavy atom. The first-order valence-corrected chi connectivity index (χ1v) is 9.22. The molecule has 0 bridgehead atoms. The molecule has 1 aromatic carbocycles. The highest BCUT2D eigenvalue weighted by Crippen LogP contribution is 2.32. The first-order chi connectivity index (χ1) is 13.3. The molecule has 0 aliphatic heterocycles. The summed E-state index contributed by atoms with van der Waals surface area (Å²) in [5, 5.41) is 8.74. The molecule has 4 aromatic rings. The Morgan fingerprint density at radius 3 is 2.26 bits per heavy atom. The van der Waals surface area contributed by atoms with E-state index in [1.165, 1.54) is 19.3 Å². The van der Waals surface area contributed by atoms with Gasteiger partial charge in [-0.2, -0.15) is 10.2 Å². The minimum Gasteiger partial charge on any atom is -0.275 e. The second kappa shape index (κ2) is 6.46. The lowest BCUT2D eigenvalue weighted by atomic mass is 9.93. The van der Waals surface area contributed by atoms with Gasteiger partial charge in [0.15, 0.2) is 5.82 Å². The molecule has 27 heavy (non-hydrogen) atoms. The molecule has 0 spiro atoms. The summed E-state index contributed by atoms with van der Waals surface area (Å²) in [4.78, 5) is 9.17. The van der Waals surface area contributed by atoms with Gasteiger partial charge in [-0.25, -0.2) is 9.97 Å². The third-order valence-electron chi connectivity index (χ3n) is 5.19. The molecule has 0 amide bonds. The lowest BCUT2D eigenvalue weighted by Crippen LogP contribution is -2.16. The van der Waals surface area contributed by atoms with E-state index in [4.69, 9.17) is 0 Å². The van der Waals surface area contributed by atoms with Gasteiger partial charge in [-0.1, -0.05) is 18.2 Å². The van der Waals surface area contributed by atoms with Gasteiger partial charge in [0.25, 0.3) is 0 Å². The summed E-state index contributed by atoms with van der Waals surface area (Å²) < 4.78 is 3.88. The molecule has 0 unspecified atom stereocenters. The Labute approximate surface area is 157 Å². The minimum absolute atomic E-state index is 0.564. The molecule has 0 atom stereocenters. The van der Waals surface area contributed by atoms with E-state index in [2.05, 4.69) is 43.2 Å². The Morgan fingerprint density at radius 2 is 1.56 bits per heavy atom. The van der Waals surface area contributed by atoms with Crippen molar-refractivity contribution in [3.63, 3.8) is 0 Å². The van der Waals surface area contributed by atoms with Crippen LogP contribution in [-0.4, -0.2) is 29.5 Å². The molecule has 1 fully saturated rings. The van der Waals surface area contributed by atoms with E-state index in [0.29, 0.717) is 6.04 Å². The van der Waals surface area contributed by atoms with E-state index in [-0.39, 0.29) is 0 Å². The van der Waals surface area contributed by atoms with Crippen LogP contribution < -0.4 is 0 Å². The van der Waals surface area contributed by atoms with Crippen LogP contribution >= 0.6 is 0 Å². The number of aromatic nitrogens is 6. The second-order valence-corrected chi connectivity index (χ2v) is 7.07. The number of aryl methyl sites for hydroxylation is 1. The molecule has 134 valence electrons. The Balaban J connectivity index is 1.41. The maximum absolute atomic E-state index is 4.58. The maximum atomic E-state index is 4.58. The second-order valence-electron chi connectivity index (χ2n) is 7.07. The molecule has 0 radical (unpaired) electrons. The van der Waals surface area contributed by atoms with Crippen molar-refractivity contribution in [2.24, 2.45) is 7.05 Å². The lowest BCUT2D eigenvalue weighted by Gasteiger charge is -2.25. The van der Waals surface area contributed by atoms with Crippen LogP contribution in [0.3, 0.4) is 0 Å². The highest BCUT2D eigenvalue weighted by atomic mass is 15.3. The first kappa shape index (κ1) is 15.9. The van der Waals surface area contributed by atoms with Crippen LogP contribution in [0.15, 0.2) is 61.4 Å². The largest absolute Gasteiger partial charge is 0.275 e. The zero-order valence-corrected chi connectivity index (χ0v) is 15.2. The molecular weight excluding hydrogens is 336 g/mol. The molecule has 0 saturated heterocycles. The van der Waals surface area contributed by atoms with E-state index in [1.807, 2.05) is 50.2 Å². The number of hydrogen-bond donors (Lipinski definition) is 0. The number of rotatable bonds is 4. The van der Waals surface area contributed by atoms with Crippen molar-refractivity contribution in [1.82, 2.24) is 29.5 Å². The van der Waals surface area contributed by atoms with Crippen LogP contribution in [0.25, 0.3) is 33.6 Å². The predicted octanol–water partition coefficient (Wildman–Crippen LogP) is 4.13. The summed E-state index contributed by atoms with van der Waals surface area (Å²) in [5.41, 5.74) is 5.24. The van der Waals surface area contributed by atoms with E-state index in [0.717, 1.165) is 33.6 Å². The summed E-state index contributed by atoms with van der Waals surface area (Å²) in [6.45, 7) is 0. The van der Waals surface area contributed by atoms with Crippen LogP contribution in [0.4, 0.5) is 0 Å². The average molecular weight is 356 g/mol. The van der Waals surface area contributed by atoms with Crippen molar-refractivity contribution in [3.8, 4) is 33.6 Å². The smallest absolute Gasteiger partial charge is 0.159 e. The minimum atomic E-state index is 0.564. The van der Waals surface area contributed by atoms with Crippen molar-refractivity contribution in [2.75, 3.05) is 0 Å². The van der Waals surface area contributed by atoms with Crippen molar-refractivity contribution >= 4 is 0 Å². The summed E-state index contributed by atoms with van der Waals surface area (Å²) in [6.07, 6.45) is 15.4. The number of hydrogen-bond acceptors (Lipinski definition) is 4. The monoisotopic (exact) mass is 356 g/mol. The SMILES string of the molecule is Cn1cc(-c2cccc(-c3ncc(-c4cnn(C5CCC5)c4)cn3)c2)cn1.